The number of nitrogens with one attached hydrogen (secondary N) is 1. The molecule has 144 valence electrons. The van der Waals surface area contributed by atoms with Gasteiger partial charge in [0.1, 0.15) is 6.04 Å². The number of thioether (sulfide) groups is 1. The summed E-state index contributed by atoms with van der Waals surface area (Å²) in [6.07, 6.45) is 0. The van der Waals surface area contributed by atoms with Crippen LogP contribution in [-0.2, 0) is 21.9 Å². The number of hydrogen-bond acceptors (Lipinski definition) is 3. The zero-order valence-corrected chi connectivity index (χ0v) is 17.3. The van der Waals surface area contributed by atoms with Crippen LogP contribution in [-0.4, -0.2) is 35.6 Å². The molecule has 0 unspecified atom stereocenters. The van der Waals surface area contributed by atoms with E-state index in [-0.39, 0.29) is 11.8 Å². The predicted molar refractivity (Wildman–Crippen MR) is 113 cm³/mol. The number of aryl methyl sites for hydroxylation is 2. The smallest absolute Gasteiger partial charge is 0.242 e. The van der Waals surface area contributed by atoms with Crippen LogP contribution in [0.4, 0.5) is 0 Å². The lowest BCUT2D eigenvalue weighted by atomic mass is 10.1. The van der Waals surface area contributed by atoms with Gasteiger partial charge in [0.2, 0.25) is 11.8 Å². The molecule has 0 aliphatic rings. The molecule has 1 N–H and O–H groups in total. The van der Waals surface area contributed by atoms with Crippen molar-refractivity contribution in [1.29, 1.82) is 0 Å². The molecule has 2 amide bonds. The van der Waals surface area contributed by atoms with E-state index in [1.165, 1.54) is 11.1 Å². The monoisotopic (exact) mass is 384 g/mol. The average Bonchev–Trinajstić information content (AvgIpc) is 2.67. The molecule has 27 heavy (non-hydrogen) atoms. The standard InChI is InChI=1S/C22H28N2O2S/c1-16-9-5-7-11-19(16)13-24(18(3)22(26)23-4)21(25)15-27-14-20-12-8-6-10-17(20)2/h5-12,18H,13-15H2,1-4H3,(H,23,26)/t18-/m1/s1. The van der Waals surface area contributed by atoms with Crippen molar-refractivity contribution in [1.82, 2.24) is 10.2 Å². The first-order valence-electron chi connectivity index (χ1n) is 9.12. The summed E-state index contributed by atoms with van der Waals surface area (Å²) in [6, 6.07) is 15.7. The van der Waals surface area contributed by atoms with Gasteiger partial charge < -0.3 is 10.2 Å². The Morgan fingerprint density at radius 2 is 1.56 bits per heavy atom. The van der Waals surface area contributed by atoms with Crippen molar-refractivity contribution in [3.8, 4) is 0 Å². The maximum absolute atomic E-state index is 12.9. The van der Waals surface area contributed by atoms with Gasteiger partial charge in [-0.25, -0.2) is 0 Å². The Morgan fingerprint density at radius 3 is 2.11 bits per heavy atom. The van der Waals surface area contributed by atoms with E-state index in [1.54, 1.807) is 30.6 Å². The SMILES string of the molecule is CNC(=O)[C@@H](C)N(Cc1ccccc1C)C(=O)CSCc1ccccc1C. The molecule has 2 aromatic rings. The van der Waals surface area contributed by atoms with Crippen LogP contribution >= 0.6 is 11.8 Å². The first-order valence-corrected chi connectivity index (χ1v) is 10.3. The minimum atomic E-state index is -0.513. The molecule has 4 nitrogen and oxygen atoms in total. The predicted octanol–water partition coefficient (Wildman–Crippen LogP) is 3.70. The summed E-state index contributed by atoms with van der Waals surface area (Å²) >= 11 is 1.59. The van der Waals surface area contributed by atoms with Gasteiger partial charge in [-0.3, -0.25) is 9.59 Å². The van der Waals surface area contributed by atoms with Crippen LogP contribution in [0.15, 0.2) is 48.5 Å². The highest BCUT2D eigenvalue weighted by atomic mass is 32.2. The number of nitrogens with zero attached hydrogens (tertiary/aromatic N) is 1. The highest BCUT2D eigenvalue weighted by Gasteiger charge is 2.25. The van der Waals surface area contributed by atoms with Gasteiger partial charge >= 0.3 is 0 Å². The normalized spacial score (nSPS) is 11.7. The third-order valence-corrected chi connectivity index (χ3v) is 5.73. The minimum Gasteiger partial charge on any atom is -0.357 e. The largest absolute Gasteiger partial charge is 0.357 e. The van der Waals surface area contributed by atoms with Crippen molar-refractivity contribution >= 4 is 23.6 Å². The van der Waals surface area contributed by atoms with E-state index < -0.39 is 6.04 Å². The molecule has 2 aromatic carbocycles. The van der Waals surface area contributed by atoms with Crippen LogP contribution in [0, 0.1) is 13.8 Å². The Bertz CT molecular complexity index is 791. The molecule has 0 aliphatic carbocycles. The summed E-state index contributed by atoms with van der Waals surface area (Å²) in [7, 11) is 1.60. The Balaban J connectivity index is 2.07. The van der Waals surface area contributed by atoms with Gasteiger partial charge in [0.05, 0.1) is 5.75 Å². The number of carbonyl (C=O) groups is 2. The Kier molecular flexibility index (Phi) is 7.92. The molecule has 5 heteroatoms. The number of benzene rings is 2. The molecule has 0 heterocycles. The van der Waals surface area contributed by atoms with Crippen molar-refractivity contribution in [3.63, 3.8) is 0 Å². The average molecular weight is 385 g/mol. The van der Waals surface area contributed by atoms with Crippen molar-refractivity contribution < 1.29 is 9.59 Å². The van der Waals surface area contributed by atoms with Gasteiger partial charge in [-0.15, -0.1) is 11.8 Å². The second-order valence-corrected chi connectivity index (χ2v) is 7.64. The zero-order valence-electron chi connectivity index (χ0n) is 16.5. The molecule has 0 radical (unpaired) electrons. The molecule has 0 spiro atoms. The van der Waals surface area contributed by atoms with Crippen LogP contribution in [0.2, 0.25) is 0 Å². The van der Waals surface area contributed by atoms with E-state index in [2.05, 4.69) is 24.4 Å². The summed E-state index contributed by atoms with van der Waals surface area (Å²) in [5.41, 5.74) is 4.64. The summed E-state index contributed by atoms with van der Waals surface area (Å²) in [5, 5.41) is 2.65. The number of hydrogen-bond donors (Lipinski definition) is 1. The lowest BCUT2D eigenvalue weighted by Crippen LogP contribution is -2.47. The van der Waals surface area contributed by atoms with E-state index in [0.29, 0.717) is 12.3 Å². The first-order chi connectivity index (χ1) is 12.9. The van der Waals surface area contributed by atoms with Crippen LogP contribution in [0.5, 0.6) is 0 Å². The fraction of sp³-hybridized carbons (Fsp3) is 0.364. The second-order valence-electron chi connectivity index (χ2n) is 6.66. The molecule has 0 fully saturated rings. The first kappa shape index (κ1) is 21.0. The van der Waals surface area contributed by atoms with Crippen molar-refractivity contribution in [3.05, 3.63) is 70.8 Å². The highest BCUT2D eigenvalue weighted by molar-refractivity contribution is 7.99. The summed E-state index contributed by atoms with van der Waals surface area (Å²) < 4.78 is 0. The number of carbonyl (C=O) groups excluding carboxylic acids is 2. The number of amides is 2. The number of rotatable bonds is 8. The van der Waals surface area contributed by atoms with Gasteiger partial charge in [-0.2, -0.15) is 0 Å². The quantitative estimate of drug-likeness (QED) is 0.755. The summed E-state index contributed by atoms with van der Waals surface area (Å²) in [4.78, 5) is 26.8. The maximum Gasteiger partial charge on any atom is 0.242 e. The molecule has 0 bridgehead atoms. The lowest BCUT2D eigenvalue weighted by molar-refractivity contribution is -0.138. The van der Waals surface area contributed by atoms with Crippen molar-refractivity contribution in [2.75, 3.05) is 12.8 Å². The third kappa shape index (κ3) is 5.86. The van der Waals surface area contributed by atoms with E-state index in [4.69, 9.17) is 0 Å². The van der Waals surface area contributed by atoms with Crippen molar-refractivity contribution in [2.45, 2.75) is 39.1 Å². The van der Waals surface area contributed by atoms with Gasteiger partial charge in [-0.05, 0) is 43.0 Å². The van der Waals surface area contributed by atoms with Crippen LogP contribution in [0.3, 0.4) is 0 Å². The van der Waals surface area contributed by atoms with Gasteiger partial charge in [-0.1, -0.05) is 48.5 Å². The van der Waals surface area contributed by atoms with Crippen LogP contribution < -0.4 is 5.32 Å². The molecule has 0 saturated heterocycles. The highest BCUT2D eigenvalue weighted by Crippen LogP contribution is 2.19. The molecule has 0 saturated carbocycles. The lowest BCUT2D eigenvalue weighted by Gasteiger charge is -2.29. The van der Waals surface area contributed by atoms with Gasteiger partial charge in [0, 0.05) is 19.3 Å². The third-order valence-electron chi connectivity index (χ3n) is 4.76. The van der Waals surface area contributed by atoms with E-state index in [1.807, 2.05) is 43.3 Å². The molecule has 0 aromatic heterocycles. The molecule has 0 aliphatic heterocycles. The molecule has 1 atom stereocenters. The topological polar surface area (TPSA) is 49.4 Å². The van der Waals surface area contributed by atoms with Gasteiger partial charge in [0.15, 0.2) is 0 Å². The molecule has 2 rings (SSSR count). The van der Waals surface area contributed by atoms with Crippen LogP contribution in [0.25, 0.3) is 0 Å². The minimum absolute atomic E-state index is 0.0204. The Morgan fingerprint density at radius 1 is 1.00 bits per heavy atom. The van der Waals surface area contributed by atoms with E-state index in [0.717, 1.165) is 16.9 Å². The van der Waals surface area contributed by atoms with Gasteiger partial charge in [0.25, 0.3) is 0 Å². The summed E-state index contributed by atoms with van der Waals surface area (Å²) in [6.45, 7) is 6.32. The van der Waals surface area contributed by atoms with Crippen molar-refractivity contribution in [2.24, 2.45) is 0 Å². The van der Waals surface area contributed by atoms with E-state index in [9.17, 15) is 9.59 Å². The zero-order chi connectivity index (χ0) is 19.8. The maximum atomic E-state index is 12.9. The van der Waals surface area contributed by atoms with E-state index >= 15 is 0 Å². The fourth-order valence-electron chi connectivity index (χ4n) is 2.87. The van der Waals surface area contributed by atoms with Crippen LogP contribution in [0.1, 0.15) is 29.2 Å². The fourth-order valence-corrected chi connectivity index (χ4v) is 3.85. The summed E-state index contributed by atoms with van der Waals surface area (Å²) in [5.74, 6) is 0.959. The number of likely N-dealkylation sites (N-methyl/N-ethyl adjacent to an activating group) is 1. The second kappa shape index (κ2) is 10.2. The Hall–Kier alpha value is -2.27. The Labute approximate surface area is 166 Å². The molecular formula is C22H28N2O2S. The molecular weight excluding hydrogens is 356 g/mol.